The molecule has 1 heterocycles. The lowest BCUT2D eigenvalue weighted by atomic mass is 9.54. The van der Waals surface area contributed by atoms with E-state index < -0.39 is 53.7 Å². The second-order valence-corrected chi connectivity index (χ2v) is 11.6. The number of ketones is 1. The third kappa shape index (κ3) is 5.82. The van der Waals surface area contributed by atoms with Crippen LogP contribution in [0.4, 0.5) is 13.2 Å². The van der Waals surface area contributed by atoms with Gasteiger partial charge in [0.15, 0.2) is 11.9 Å². The van der Waals surface area contributed by atoms with Crippen molar-refractivity contribution in [3.8, 4) is 5.75 Å². The van der Waals surface area contributed by atoms with Crippen molar-refractivity contribution in [3.05, 3.63) is 28.8 Å². The van der Waals surface area contributed by atoms with Gasteiger partial charge in [0.2, 0.25) is 5.91 Å². The first-order valence-corrected chi connectivity index (χ1v) is 13.3. The molecule has 12 heteroatoms. The van der Waals surface area contributed by atoms with Gasteiger partial charge in [-0.05, 0) is 55.7 Å². The van der Waals surface area contributed by atoms with E-state index in [4.69, 9.17) is 21.1 Å². The van der Waals surface area contributed by atoms with Gasteiger partial charge in [-0.2, -0.15) is 0 Å². The fourth-order valence-electron chi connectivity index (χ4n) is 6.37. The molecule has 210 valence electrons. The van der Waals surface area contributed by atoms with Crippen molar-refractivity contribution in [2.75, 3.05) is 6.61 Å². The second-order valence-electron chi connectivity index (χ2n) is 11.2. The highest BCUT2D eigenvalue weighted by molar-refractivity contribution is 6.30. The van der Waals surface area contributed by atoms with Gasteiger partial charge in [0, 0.05) is 36.3 Å². The molecule has 1 aromatic rings. The summed E-state index contributed by atoms with van der Waals surface area (Å²) in [5, 5.41) is 24.9. The van der Waals surface area contributed by atoms with E-state index in [2.05, 4.69) is 10.1 Å². The van der Waals surface area contributed by atoms with Crippen LogP contribution in [0.15, 0.2) is 18.2 Å². The number of hydrogen-bond acceptors (Lipinski definition) is 7. The molecule has 0 spiro atoms. The summed E-state index contributed by atoms with van der Waals surface area (Å²) in [5.74, 6) is -0.124. The fraction of sp³-hybridized carbons (Fsp3) is 0.692. The highest BCUT2D eigenvalue weighted by Gasteiger charge is 2.55. The Hall–Kier alpha value is -1.92. The lowest BCUT2D eigenvalue weighted by molar-refractivity contribution is -0.357. The van der Waals surface area contributed by atoms with Crippen LogP contribution in [0.1, 0.15) is 69.5 Å². The summed E-state index contributed by atoms with van der Waals surface area (Å²) in [4.78, 5) is 25.8. The normalized spacial score (nSPS) is 36.1. The number of alkyl halides is 3. The molecule has 38 heavy (non-hydrogen) atoms. The van der Waals surface area contributed by atoms with Crippen LogP contribution in [0.25, 0.3) is 0 Å². The van der Waals surface area contributed by atoms with E-state index in [1.165, 1.54) is 0 Å². The van der Waals surface area contributed by atoms with E-state index in [-0.39, 0.29) is 38.1 Å². The van der Waals surface area contributed by atoms with E-state index in [9.17, 15) is 33.0 Å². The van der Waals surface area contributed by atoms with Gasteiger partial charge >= 0.3 is 6.36 Å². The third-order valence-electron chi connectivity index (χ3n) is 8.60. The Morgan fingerprint density at radius 2 is 1.82 bits per heavy atom. The molecule has 0 saturated heterocycles. The van der Waals surface area contributed by atoms with E-state index in [1.807, 2.05) is 0 Å². The Bertz CT molecular complexity index is 1070. The Labute approximate surface area is 222 Å². The summed E-state index contributed by atoms with van der Waals surface area (Å²) >= 11 is 6.00. The van der Waals surface area contributed by atoms with E-state index in [1.54, 1.807) is 18.2 Å². The first-order valence-electron chi connectivity index (χ1n) is 12.9. The van der Waals surface area contributed by atoms with E-state index in [0.29, 0.717) is 48.4 Å². The molecule has 4 fully saturated rings. The van der Waals surface area contributed by atoms with Crippen LogP contribution in [0, 0.1) is 5.41 Å². The molecule has 5 aliphatic rings. The molecule has 2 bridgehead atoms. The maximum Gasteiger partial charge on any atom is 0.522 e. The molecule has 6 rings (SSSR count). The van der Waals surface area contributed by atoms with E-state index in [0.717, 1.165) is 0 Å². The lowest BCUT2D eigenvalue weighted by Crippen LogP contribution is -2.65. The monoisotopic (exact) mass is 561 g/mol. The van der Waals surface area contributed by atoms with Gasteiger partial charge in [-0.25, -0.2) is 0 Å². The van der Waals surface area contributed by atoms with Gasteiger partial charge in [0.05, 0.1) is 30.0 Å². The summed E-state index contributed by atoms with van der Waals surface area (Å²) in [6, 6.07) is 4.91. The lowest BCUT2D eigenvalue weighted by Gasteiger charge is -2.56. The first-order chi connectivity index (χ1) is 17.9. The summed E-state index contributed by atoms with van der Waals surface area (Å²) in [5.41, 5.74) is -0.669. The number of hydrogen-bond donors (Lipinski definition) is 3. The van der Waals surface area contributed by atoms with Crippen molar-refractivity contribution < 1.29 is 47.2 Å². The zero-order valence-electron chi connectivity index (χ0n) is 20.6. The molecule has 1 amide bonds. The van der Waals surface area contributed by atoms with Crippen LogP contribution >= 0.6 is 11.6 Å². The summed E-state index contributed by atoms with van der Waals surface area (Å²) in [6.07, 6.45) is -5.53. The van der Waals surface area contributed by atoms with Crippen LogP contribution in [0.3, 0.4) is 0 Å². The zero-order chi connectivity index (χ0) is 27.3. The van der Waals surface area contributed by atoms with Crippen molar-refractivity contribution in [1.82, 2.24) is 5.32 Å². The predicted molar refractivity (Wildman–Crippen MR) is 127 cm³/mol. The van der Waals surface area contributed by atoms with Gasteiger partial charge in [-0.3, -0.25) is 14.3 Å². The molecular formula is C26H31ClF3NO7. The largest absolute Gasteiger partial charge is 0.522 e. The van der Waals surface area contributed by atoms with Crippen molar-refractivity contribution in [2.45, 2.75) is 100 Å². The summed E-state index contributed by atoms with van der Waals surface area (Å²) in [6.45, 7) is -0.310. The highest BCUT2D eigenvalue weighted by Crippen LogP contribution is 2.54. The maximum atomic E-state index is 13.2. The summed E-state index contributed by atoms with van der Waals surface area (Å²) < 4.78 is 51.9. The number of carbonyl (C=O) groups is 2. The van der Waals surface area contributed by atoms with Crippen LogP contribution in [0.5, 0.6) is 5.75 Å². The van der Waals surface area contributed by atoms with Crippen LogP contribution < -0.4 is 10.1 Å². The minimum atomic E-state index is -4.69. The number of nitrogens with one attached hydrogen (secondary N) is 1. The van der Waals surface area contributed by atoms with Gasteiger partial charge in [0.1, 0.15) is 12.4 Å². The average molecular weight is 562 g/mol. The predicted octanol–water partition coefficient (Wildman–Crippen LogP) is 3.75. The molecule has 4 saturated carbocycles. The molecule has 3 N–H and O–H groups in total. The molecular weight excluding hydrogens is 531 g/mol. The molecule has 1 aromatic carbocycles. The number of fused-ring (bicyclic) bond motifs is 4. The Morgan fingerprint density at radius 3 is 2.47 bits per heavy atom. The second kappa shape index (κ2) is 10.2. The standard InChI is InChI=1S/C26H31ClF3NO7/c27-14-1-2-20-17(7-14)18(32)10-21(37-20)19(33)11-24-3-5-25(6-4-24,22(34)12-24)31-23(35)13-36-15-8-16(9-15)38-26(28,29)30/h1-2,7,15-16,18,21-22,32,34H,3-6,8-13H2,(H,31,35)/t15?,16?,18-,21-,22-,24?,25?/m0/s1. The maximum absolute atomic E-state index is 13.2. The molecule has 0 aromatic heterocycles. The Morgan fingerprint density at radius 1 is 1.11 bits per heavy atom. The van der Waals surface area contributed by atoms with Crippen LogP contribution in [-0.2, 0) is 19.1 Å². The number of benzene rings is 1. The van der Waals surface area contributed by atoms with Crippen molar-refractivity contribution in [1.29, 1.82) is 0 Å². The summed E-state index contributed by atoms with van der Waals surface area (Å²) in [7, 11) is 0. The smallest absolute Gasteiger partial charge is 0.482 e. The topological polar surface area (TPSA) is 114 Å². The Kier molecular flexibility index (Phi) is 7.45. The SMILES string of the molecule is O=C(COC1CC(OC(F)(F)F)C1)NC12CCC(CC(=O)[C@@H]3C[C@H](O)c4cc(Cl)ccc4O3)(CC1)C[C@@H]2O. The highest BCUT2D eigenvalue weighted by atomic mass is 35.5. The minimum absolute atomic E-state index is 0.0676. The molecule has 4 aliphatic carbocycles. The number of Topliss-reactive ketones (excluding diaryl/α,β-unsaturated/α-hetero) is 1. The molecule has 3 atom stereocenters. The molecule has 8 nitrogen and oxygen atoms in total. The number of ether oxygens (including phenoxy) is 3. The number of amides is 1. The molecule has 0 unspecified atom stereocenters. The number of aliphatic hydroxyl groups excluding tert-OH is 2. The van der Waals surface area contributed by atoms with Crippen molar-refractivity contribution in [3.63, 3.8) is 0 Å². The number of halogens is 4. The van der Waals surface area contributed by atoms with Gasteiger partial charge < -0.3 is 25.0 Å². The third-order valence-corrected chi connectivity index (χ3v) is 8.84. The molecule has 0 radical (unpaired) electrons. The number of carbonyl (C=O) groups excluding carboxylic acids is 2. The number of aliphatic hydroxyl groups is 2. The quantitative estimate of drug-likeness (QED) is 0.443. The molecule has 1 aliphatic heterocycles. The van der Waals surface area contributed by atoms with Gasteiger partial charge in [-0.15, -0.1) is 13.2 Å². The number of rotatable bonds is 8. The first kappa shape index (κ1) is 27.6. The minimum Gasteiger partial charge on any atom is -0.482 e. The van der Waals surface area contributed by atoms with E-state index >= 15 is 0 Å². The average Bonchev–Trinajstić information content (AvgIpc) is 2.81. The van der Waals surface area contributed by atoms with Gasteiger partial charge in [-0.1, -0.05) is 11.6 Å². The van der Waals surface area contributed by atoms with Crippen molar-refractivity contribution >= 4 is 23.3 Å². The van der Waals surface area contributed by atoms with Gasteiger partial charge in [0.25, 0.3) is 0 Å². The Balaban J connectivity index is 1.10. The van der Waals surface area contributed by atoms with Crippen LogP contribution in [0.2, 0.25) is 5.02 Å². The zero-order valence-corrected chi connectivity index (χ0v) is 21.4. The fourth-order valence-corrected chi connectivity index (χ4v) is 6.55. The van der Waals surface area contributed by atoms with Crippen LogP contribution in [-0.4, -0.2) is 64.8 Å². The van der Waals surface area contributed by atoms with Crippen molar-refractivity contribution in [2.24, 2.45) is 5.41 Å².